The molecule has 8 heteroatoms. The van der Waals surface area contributed by atoms with Gasteiger partial charge in [-0.25, -0.2) is 9.18 Å². The van der Waals surface area contributed by atoms with Crippen molar-refractivity contribution in [1.29, 1.82) is 0 Å². The van der Waals surface area contributed by atoms with E-state index in [0.29, 0.717) is 0 Å². The lowest BCUT2D eigenvalue weighted by atomic mass is 10.1. The van der Waals surface area contributed by atoms with Gasteiger partial charge in [-0.15, -0.1) is 0 Å². The lowest BCUT2D eigenvalue weighted by Crippen LogP contribution is -2.36. The fourth-order valence-corrected chi connectivity index (χ4v) is 1.71. The Labute approximate surface area is 94.1 Å². The Morgan fingerprint density at radius 3 is 2.76 bits per heavy atom. The molecule has 2 rings (SSSR count). The van der Waals surface area contributed by atoms with E-state index in [-0.39, 0.29) is 0 Å². The molecule has 1 aliphatic rings. The zero-order valence-corrected chi connectivity index (χ0v) is 8.62. The molecule has 1 aliphatic heterocycles. The molecule has 1 saturated heterocycles. The van der Waals surface area contributed by atoms with Crippen LogP contribution in [0, 0.1) is 0 Å². The first-order valence-electron chi connectivity index (χ1n) is 4.94. The summed E-state index contributed by atoms with van der Waals surface area (Å²) < 4.78 is 19.3. The van der Waals surface area contributed by atoms with Crippen LogP contribution in [0.1, 0.15) is 6.23 Å². The van der Waals surface area contributed by atoms with Gasteiger partial charge in [0.15, 0.2) is 12.4 Å². The molecule has 17 heavy (non-hydrogen) atoms. The molecular formula is C9H11FN2O5. The van der Waals surface area contributed by atoms with E-state index in [0.717, 1.165) is 16.8 Å². The van der Waals surface area contributed by atoms with Gasteiger partial charge in [-0.05, 0) is 0 Å². The Morgan fingerprint density at radius 1 is 1.53 bits per heavy atom. The first kappa shape index (κ1) is 12.0. The smallest absolute Gasteiger partial charge is 0.330 e. The number of ether oxygens (including phenoxy) is 1. The van der Waals surface area contributed by atoms with E-state index in [9.17, 15) is 19.1 Å². The van der Waals surface area contributed by atoms with E-state index >= 15 is 0 Å². The van der Waals surface area contributed by atoms with E-state index in [4.69, 9.17) is 9.84 Å². The number of hydrogen-bond acceptors (Lipinski definition) is 5. The van der Waals surface area contributed by atoms with Crippen LogP contribution in [-0.2, 0) is 4.74 Å². The first-order valence-corrected chi connectivity index (χ1v) is 4.94. The Kier molecular flexibility index (Phi) is 3.09. The number of hydrogen-bond donors (Lipinski definition) is 3. The topological polar surface area (TPSA) is 105 Å². The molecule has 0 aromatic carbocycles. The molecule has 0 spiro atoms. The predicted octanol–water partition coefficient (Wildman–Crippen LogP) is -1.87. The third kappa shape index (κ3) is 2.02. The number of alkyl halides is 1. The van der Waals surface area contributed by atoms with Gasteiger partial charge in [0.2, 0.25) is 0 Å². The number of aromatic amines is 1. The van der Waals surface area contributed by atoms with Crippen LogP contribution in [0.15, 0.2) is 21.9 Å². The molecule has 2 heterocycles. The SMILES string of the molecule is O=c1ccn([C@@H]2O[C@H](CO)[C@@H](F)C2O)c(=O)[nH]1. The summed E-state index contributed by atoms with van der Waals surface area (Å²) in [5.41, 5.74) is -1.42. The second-order valence-corrected chi connectivity index (χ2v) is 3.70. The summed E-state index contributed by atoms with van der Waals surface area (Å²) in [5, 5.41) is 18.4. The summed E-state index contributed by atoms with van der Waals surface area (Å²) in [6.45, 7) is -0.604. The summed E-state index contributed by atoms with van der Waals surface area (Å²) >= 11 is 0. The van der Waals surface area contributed by atoms with Gasteiger partial charge in [0, 0.05) is 12.3 Å². The van der Waals surface area contributed by atoms with Crippen LogP contribution >= 0.6 is 0 Å². The third-order valence-electron chi connectivity index (χ3n) is 2.59. The van der Waals surface area contributed by atoms with Crippen molar-refractivity contribution in [2.75, 3.05) is 6.61 Å². The van der Waals surface area contributed by atoms with Crippen LogP contribution in [0.2, 0.25) is 0 Å². The summed E-state index contributed by atoms with van der Waals surface area (Å²) in [6, 6.07) is 1.05. The Bertz CT molecular complexity index is 513. The number of H-pyrrole nitrogens is 1. The lowest BCUT2D eigenvalue weighted by Gasteiger charge is -2.16. The molecule has 0 bridgehead atoms. The summed E-state index contributed by atoms with van der Waals surface area (Å²) in [7, 11) is 0. The van der Waals surface area contributed by atoms with Crippen molar-refractivity contribution in [2.45, 2.75) is 24.6 Å². The number of aliphatic hydroxyl groups excluding tert-OH is 2. The summed E-state index contributed by atoms with van der Waals surface area (Å²) in [4.78, 5) is 24.2. The van der Waals surface area contributed by atoms with E-state index in [1.165, 1.54) is 0 Å². The molecule has 1 aromatic heterocycles. The normalized spacial score (nSPS) is 32.9. The van der Waals surface area contributed by atoms with Crippen molar-refractivity contribution in [1.82, 2.24) is 9.55 Å². The Balaban J connectivity index is 2.35. The van der Waals surface area contributed by atoms with Gasteiger partial charge in [-0.1, -0.05) is 0 Å². The number of aromatic nitrogens is 2. The number of aliphatic hydroxyl groups is 2. The quantitative estimate of drug-likeness (QED) is 0.567. The molecule has 4 atom stereocenters. The van der Waals surface area contributed by atoms with Crippen molar-refractivity contribution >= 4 is 0 Å². The van der Waals surface area contributed by atoms with Gasteiger partial charge in [0.05, 0.1) is 6.61 Å². The average molecular weight is 246 g/mol. The molecule has 3 N–H and O–H groups in total. The van der Waals surface area contributed by atoms with Crippen molar-refractivity contribution < 1.29 is 19.3 Å². The maximum absolute atomic E-state index is 13.4. The van der Waals surface area contributed by atoms with Crippen LogP contribution in [-0.4, -0.2) is 44.8 Å². The van der Waals surface area contributed by atoms with Gasteiger partial charge in [0.1, 0.15) is 12.2 Å². The van der Waals surface area contributed by atoms with Crippen molar-refractivity contribution in [3.05, 3.63) is 33.1 Å². The standard InChI is InChI=1S/C9H11FN2O5/c10-6-4(3-13)17-8(7(6)15)12-2-1-5(14)11-9(12)16/h1-2,4,6-8,13,15H,3H2,(H,11,14,16)/t4-,6-,7?,8-/m1/s1. The van der Waals surface area contributed by atoms with Crippen LogP contribution in [0.3, 0.4) is 0 Å². The molecule has 1 unspecified atom stereocenters. The van der Waals surface area contributed by atoms with Gasteiger partial charge >= 0.3 is 5.69 Å². The van der Waals surface area contributed by atoms with Crippen LogP contribution in [0.5, 0.6) is 0 Å². The zero-order valence-electron chi connectivity index (χ0n) is 8.62. The predicted molar refractivity (Wildman–Crippen MR) is 53.2 cm³/mol. The molecule has 0 radical (unpaired) electrons. The molecule has 1 aromatic rings. The molecular weight excluding hydrogens is 235 g/mol. The highest BCUT2D eigenvalue weighted by atomic mass is 19.1. The minimum Gasteiger partial charge on any atom is -0.394 e. The van der Waals surface area contributed by atoms with Crippen LogP contribution in [0.25, 0.3) is 0 Å². The Hall–Kier alpha value is -1.51. The number of nitrogens with one attached hydrogen (secondary N) is 1. The molecule has 0 saturated carbocycles. The van der Waals surface area contributed by atoms with E-state index < -0.39 is 42.5 Å². The molecule has 0 amide bonds. The number of rotatable bonds is 2. The monoisotopic (exact) mass is 246 g/mol. The van der Waals surface area contributed by atoms with Crippen LogP contribution in [0.4, 0.5) is 4.39 Å². The highest BCUT2D eigenvalue weighted by Gasteiger charge is 2.45. The van der Waals surface area contributed by atoms with E-state index in [2.05, 4.69) is 0 Å². The van der Waals surface area contributed by atoms with Crippen molar-refractivity contribution in [3.8, 4) is 0 Å². The van der Waals surface area contributed by atoms with Crippen molar-refractivity contribution in [2.24, 2.45) is 0 Å². The maximum atomic E-state index is 13.4. The maximum Gasteiger partial charge on any atom is 0.330 e. The fraction of sp³-hybridized carbons (Fsp3) is 0.556. The fourth-order valence-electron chi connectivity index (χ4n) is 1.71. The van der Waals surface area contributed by atoms with Gasteiger partial charge < -0.3 is 14.9 Å². The average Bonchev–Trinajstić information content (AvgIpc) is 2.57. The van der Waals surface area contributed by atoms with Gasteiger partial charge in [-0.2, -0.15) is 0 Å². The number of nitrogens with zero attached hydrogens (tertiary/aromatic N) is 1. The number of halogens is 1. The van der Waals surface area contributed by atoms with Crippen molar-refractivity contribution in [3.63, 3.8) is 0 Å². The minimum absolute atomic E-state index is 0.603. The Morgan fingerprint density at radius 2 is 2.24 bits per heavy atom. The van der Waals surface area contributed by atoms with E-state index in [1.807, 2.05) is 4.98 Å². The van der Waals surface area contributed by atoms with Gasteiger partial charge in [0.25, 0.3) is 5.56 Å². The molecule has 1 fully saturated rings. The third-order valence-corrected chi connectivity index (χ3v) is 2.59. The highest BCUT2D eigenvalue weighted by Crippen LogP contribution is 2.29. The van der Waals surface area contributed by atoms with Crippen LogP contribution < -0.4 is 11.2 Å². The second kappa shape index (κ2) is 4.40. The molecule has 0 aliphatic carbocycles. The molecule has 7 nitrogen and oxygen atoms in total. The lowest BCUT2D eigenvalue weighted by molar-refractivity contribution is -0.0537. The first-order chi connectivity index (χ1) is 8.04. The summed E-state index contributed by atoms with van der Waals surface area (Å²) in [5.74, 6) is 0. The minimum atomic E-state index is -1.79. The van der Waals surface area contributed by atoms with Gasteiger partial charge in [-0.3, -0.25) is 14.3 Å². The van der Waals surface area contributed by atoms with E-state index in [1.54, 1.807) is 0 Å². The molecule has 94 valence electrons. The second-order valence-electron chi connectivity index (χ2n) is 3.70. The largest absolute Gasteiger partial charge is 0.394 e. The highest BCUT2D eigenvalue weighted by molar-refractivity contribution is 4.93. The summed E-state index contributed by atoms with van der Waals surface area (Å²) in [6.07, 6.45) is -4.71. The zero-order chi connectivity index (χ0) is 12.6.